The quantitative estimate of drug-likeness (QED) is 0.341. The lowest BCUT2D eigenvalue weighted by Crippen LogP contribution is -2.53. The van der Waals surface area contributed by atoms with Gasteiger partial charge in [0.1, 0.15) is 0 Å². The SMILES string of the molecule is Cn1c(=O)c2c(nc(N3CCN(C4CC(=O)N(c5ccccc5)C4=O)CC3)n2Cc2ccccc2Cl)n(C)c1=O. The van der Waals surface area contributed by atoms with Crippen LogP contribution in [0.15, 0.2) is 64.2 Å². The van der Waals surface area contributed by atoms with Crippen molar-refractivity contribution >= 4 is 46.2 Å². The molecule has 2 aromatic carbocycles. The number of anilines is 2. The van der Waals surface area contributed by atoms with Gasteiger partial charge in [-0.2, -0.15) is 4.98 Å². The van der Waals surface area contributed by atoms with Gasteiger partial charge in [0.2, 0.25) is 11.9 Å². The summed E-state index contributed by atoms with van der Waals surface area (Å²) in [5, 5.41) is 0.564. The maximum Gasteiger partial charge on any atom is 0.332 e. The zero-order valence-electron chi connectivity index (χ0n) is 22.2. The molecule has 6 rings (SSSR count). The van der Waals surface area contributed by atoms with E-state index in [1.54, 1.807) is 37.4 Å². The Hall–Kier alpha value is -4.22. The molecule has 12 heteroatoms. The highest BCUT2D eigenvalue weighted by Gasteiger charge is 2.43. The molecule has 1 unspecified atom stereocenters. The lowest BCUT2D eigenvalue weighted by atomic mass is 10.1. The van der Waals surface area contributed by atoms with Crippen molar-refractivity contribution in [2.45, 2.75) is 19.0 Å². The fourth-order valence-electron chi connectivity index (χ4n) is 5.61. The standard InChI is InChI=1S/C28H28ClN7O4/c1-31-24-23(26(39)32(2)28(31)40)35(17-18-8-6-7-11-20(18)29)27(30-24)34-14-12-33(13-15-34)21-16-22(37)36(25(21)38)19-9-4-3-5-10-19/h3-11,21H,12-17H2,1-2H3. The van der Waals surface area contributed by atoms with Crippen molar-refractivity contribution in [3.05, 3.63) is 86.0 Å². The Labute approximate surface area is 234 Å². The van der Waals surface area contributed by atoms with Crippen molar-refractivity contribution < 1.29 is 9.59 Å². The number of carbonyl (C=O) groups is 2. The Bertz CT molecular complexity index is 1750. The van der Waals surface area contributed by atoms with Gasteiger partial charge in [0.05, 0.1) is 24.7 Å². The van der Waals surface area contributed by atoms with Crippen LogP contribution in [-0.4, -0.2) is 67.6 Å². The number of para-hydroxylation sites is 1. The lowest BCUT2D eigenvalue weighted by Gasteiger charge is -2.37. The first-order valence-corrected chi connectivity index (χ1v) is 13.4. The number of hydrogen-bond donors (Lipinski definition) is 0. The second-order valence-corrected chi connectivity index (χ2v) is 10.5. The van der Waals surface area contributed by atoms with Gasteiger partial charge in [-0.15, -0.1) is 0 Å². The van der Waals surface area contributed by atoms with Gasteiger partial charge in [-0.1, -0.05) is 48.0 Å². The minimum atomic E-state index is -0.523. The fraction of sp³-hybridized carbons (Fsp3) is 0.321. The van der Waals surface area contributed by atoms with E-state index < -0.39 is 17.3 Å². The van der Waals surface area contributed by atoms with E-state index >= 15 is 0 Å². The summed E-state index contributed by atoms with van der Waals surface area (Å²) in [6.07, 6.45) is 0.136. The zero-order chi connectivity index (χ0) is 28.1. The van der Waals surface area contributed by atoms with E-state index in [1.807, 2.05) is 38.6 Å². The fourth-order valence-corrected chi connectivity index (χ4v) is 5.80. The van der Waals surface area contributed by atoms with Gasteiger partial charge < -0.3 is 4.90 Å². The third-order valence-electron chi connectivity index (χ3n) is 7.79. The molecule has 4 heterocycles. The molecule has 2 amide bonds. The second kappa shape index (κ2) is 10.1. The summed E-state index contributed by atoms with van der Waals surface area (Å²) in [4.78, 5) is 62.1. The monoisotopic (exact) mass is 561 g/mol. The van der Waals surface area contributed by atoms with Crippen LogP contribution in [0.2, 0.25) is 5.02 Å². The Morgan fingerprint density at radius 3 is 2.25 bits per heavy atom. The van der Waals surface area contributed by atoms with E-state index in [0.29, 0.717) is 60.5 Å². The molecule has 4 aromatic rings. The number of fused-ring (bicyclic) bond motifs is 1. The minimum Gasteiger partial charge on any atom is -0.340 e. The summed E-state index contributed by atoms with van der Waals surface area (Å²) in [5.41, 5.74) is 1.13. The maximum atomic E-state index is 13.3. The predicted octanol–water partition coefficient (Wildman–Crippen LogP) is 1.59. The number of piperazine rings is 1. The average Bonchev–Trinajstić information content (AvgIpc) is 3.49. The van der Waals surface area contributed by atoms with Gasteiger partial charge in [-0.25, -0.2) is 9.69 Å². The first kappa shape index (κ1) is 26.0. The Balaban J connectivity index is 1.31. The summed E-state index contributed by atoms with van der Waals surface area (Å²) in [6, 6.07) is 15.9. The highest BCUT2D eigenvalue weighted by atomic mass is 35.5. The van der Waals surface area contributed by atoms with Crippen LogP contribution >= 0.6 is 11.6 Å². The molecule has 0 N–H and O–H groups in total. The normalized spacial score (nSPS) is 18.3. The van der Waals surface area contributed by atoms with Gasteiger partial charge in [-0.05, 0) is 23.8 Å². The van der Waals surface area contributed by atoms with Gasteiger partial charge >= 0.3 is 5.69 Å². The number of imidazole rings is 1. The molecule has 2 saturated heterocycles. The molecule has 0 bridgehead atoms. The van der Waals surface area contributed by atoms with E-state index in [2.05, 4.69) is 0 Å². The van der Waals surface area contributed by atoms with E-state index in [1.165, 1.54) is 16.5 Å². The maximum absolute atomic E-state index is 13.3. The van der Waals surface area contributed by atoms with E-state index in [0.717, 1.165) is 10.1 Å². The molecule has 40 heavy (non-hydrogen) atoms. The van der Waals surface area contributed by atoms with Crippen LogP contribution < -0.4 is 21.0 Å². The molecule has 1 atom stereocenters. The third-order valence-corrected chi connectivity index (χ3v) is 8.16. The van der Waals surface area contributed by atoms with E-state index in [-0.39, 0.29) is 18.2 Å². The molecule has 2 aliphatic rings. The van der Waals surface area contributed by atoms with Crippen LogP contribution in [0.1, 0.15) is 12.0 Å². The Morgan fingerprint density at radius 1 is 0.875 bits per heavy atom. The number of aromatic nitrogens is 4. The van der Waals surface area contributed by atoms with Crippen molar-refractivity contribution in [2.24, 2.45) is 14.1 Å². The molecule has 2 aromatic heterocycles. The number of carbonyl (C=O) groups excluding carboxylic acids is 2. The highest BCUT2D eigenvalue weighted by molar-refractivity contribution is 6.31. The summed E-state index contributed by atoms with van der Waals surface area (Å²) in [5.74, 6) is 0.128. The first-order chi connectivity index (χ1) is 19.3. The molecule has 2 aliphatic heterocycles. The lowest BCUT2D eigenvalue weighted by molar-refractivity contribution is -0.123. The van der Waals surface area contributed by atoms with Crippen LogP contribution in [0, 0.1) is 0 Å². The summed E-state index contributed by atoms with van der Waals surface area (Å²) in [6.45, 7) is 2.38. The summed E-state index contributed by atoms with van der Waals surface area (Å²) < 4.78 is 4.27. The van der Waals surface area contributed by atoms with Crippen molar-refractivity contribution in [2.75, 3.05) is 36.0 Å². The van der Waals surface area contributed by atoms with Crippen molar-refractivity contribution in [3.63, 3.8) is 0 Å². The number of nitrogens with zero attached hydrogens (tertiary/aromatic N) is 7. The predicted molar refractivity (Wildman–Crippen MR) is 152 cm³/mol. The van der Waals surface area contributed by atoms with Gasteiger partial charge in [0.25, 0.3) is 11.5 Å². The second-order valence-electron chi connectivity index (χ2n) is 10.1. The van der Waals surface area contributed by atoms with Crippen molar-refractivity contribution in [1.82, 2.24) is 23.6 Å². The largest absolute Gasteiger partial charge is 0.340 e. The van der Waals surface area contributed by atoms with Gasteiger partial charge in [0.15, 0.2) is 11.2 Å². The molecule has 0 saturated carbocycles. The highest BCUT2D eigenvalue weighted by Crippen LogP contribution is 2.28. The zero-order valence-corrected chi connectivity index (χ0v) is 22.9. The van der Waals surface area contributed by atoms with Crippen LogP contribution in [0.5, 0.6) is 0 Å². The third kappa shape index (κ3) is 4.22. The molecule has 0 radical (unpaired) electrons. The Morgan fingerprint density at radius 2 is 1.55 bits per heavy atom. The summed E-state index contributed by atoms with van der Waals surface area (Å²) >= 11 is 6.48. The van der Waals surface area contributed by atoms with Crippen LogP contribution in [0.4, 0.5) is 11.6 Å². The van der Waals surface area contributed by atoms with Crippen LogP contribution in [0.3, 0.4) is 0 Å². The Kier molecular flexibility index (Phi) is 6.55. The topological polar surface area (TPSA) is 106 Å². The number of amides is 2. The van der Waals surface area contributed by atoms with Crippen molar-refractivity contribution in [1.29, 1.82) is 0 Å². The molecular weight excluding hydrogens is 534 g/mol. The van der Waals surface area contributed by atoms with E-state index in [4.69, 9.17) is 16.6 Å². The smallest absolute Gasteiger partial charge is 0.332 e. The first-order valence-electron chi connectivity index (χ1n) is 13.1. The summed E-state index contributed by atoms with van der Waals surface area (Å²) in [7, 11) is 3.05. The number of imide groups is 1. The van der Waals surface area contributed by atoms with Crippen LogP contribution in [0.25, 0.3) is 11.2 Å². The number of hydrogen-bond acceptors (Lipinski definition) is 7. The van der Waals surface area contributed by atoms with Gasteiger partial charge in [-0.3, -0.25) is 33.0 Å². The molecule has 0 spiro atoms. The molecule has 206 valence electrons. The van der Waals surface area contributed by atoms with Crippen LogP contribution in [-0.2, 0) is 30.2 Å². The molecule has 2 fully saturated rings. The number of rotatable bonds is 5. The molecule has 0 aliphatic carbocycles. The number of benzene rings is 2. The van der Waals surface area contributed by atoms with Crippen molar-refractivity contribution in [3.8, 4) is 0 Å². The van der Waals surface area contributed by atoms with Gasteiger partial charge in [0, 0.05) is 45.3 Å². The molecule has 11 nitrogen and oxygen atoms in total. The van der Waals surface area contributed by atoms with E-state index in [9.17, 15) is 19.2 Å². The average molecular weight is 562 g/mol. The number of halogens is 1. The number of aryl methyl sites for hydroxylation is 1. The molecular formula is C28H28ClN7O4. The minimum absolute atomic E-state index is 0.136.